The first-order valence-corrected chi connectivity index (χ1v) is 8.64. The molecule has 0 saturated heterocycles. The number of rotatable bonds is 6. The van der Waals surface area contributed by atoms with Crippen molar-refractivity contribution in [2.75, 3.05) is 22.5 Å². The van der Waals surface area contributed by atoms with Crippen molar-refractivity contribution < 1.29 is 14.0 Å². The molecule has 3 aromatic rings. The van der Waals surface area contributed by atoms with Crippen LogP contribution in [-0.4, -0.2) is 18.4 Å². The molecule has 1 heterocycles. The van der Waals surface area contributed by atoms with E-state index in [0.29, 0.717) is 16.4 Å². The molecular formula is C20H18ClN3O3. The predicted molar refractivity (Wildman–Crippen MR) is 106 cm³/mol. The number of amides is 2. The van der Waals surface area contributed by atoms with Crippen molar-refractivity contribution in [1.29, 1.82) is 0 Å². The van der Waals surface area contributed by atoms with E-state index in [1.54, 1.807) is 42.5 Å². The van der Waals surface area contributed by atoms with Crippen molar-refractivity contribution in [1.82, 2.24) is 0 Å². The van der Waals surface area contributed by atoms with Gasteiger partial charge in [0.25, 0.3) is 5.91 Å². The Morgan fingerprint density at radius 3 is 2.44 bits per heavy atom. The van der Waals surface area contributed by atoms with Gasteiger partial charge in [0.2, 0.25) is 5.91 Å². The van der Waals surface area contributed by atoms with Gasteiger partial charge in [0.15, 0.2) is 5.76 Å². The van der Waals surface area contributed by atoms with Gasteiger partial charge >= 0.3 is 0 Å². The molecule has 0 aliphatic carbocycles. The quantitative estimate of drug-likeness (QED) is 0.583. The Hall–Kier alpha value is -3.25. The van der Waals surface area contributed by atoms with Crippen molar-refractivity contribution in [3.05, 3.63) is 77.2 Å². The molecule has 0 aliphatic heterocycles. The summed E-state index contributed by atoms with van der Waals surface area (Å²) in [6.07, 6.45) is 1.43. The van der Waals surface area contributed by atoms with Crippen LogP contribution in [0.2, 0.25) is 5.02 Å². The summed E-state index contributed by atoms with van der Waals surface area (Å²) in [6, 6.07) is 15.6. The van der Waals surface area contributed by atoms with Gasteiger partial charge in [-0.2, -0.15) is 0 Å². The Kier molecular flexibility index (Phi) is 5.78. The topological polar surface area (TPSA) is 83.4 Å². The fraction of sp³-hybridized carbons (Fsp3) is 0.100. The Morgan fingerprint density at radius 1 is 0.963 bits per heavy atom. The van der Waals surface area contributed by atoms with Crippen LogP contribution in [0.4, 0.5) is 17.1 Å². The molecule has 1 aromatic heterocycles. The highest BCUT2D eigenvalue weighted by Crippen LogP contribution is 2.20. The third-order valence-electron chi connectivity index (χ3n) is 3.77. The van der Waals surface area contributed by atoms with Crippen molar-refractivity contribution >= 4 is 40.5 Å². The summed E-state index contributed by atoms with van der Waals surface area (Å²) in [5.74, 6) is -0.368. The van der Waals surface area contributed by atoms with Gasteiger partial charge in [0.05, 0.1) is 12.8 Å². The molecule has 0 spiro atoms. The molecule has 138 valence electrons. The summed E-state index contributed by atoms with van der Waals surface area (Å²) >= 11 is 6.07. The average molecular weight is 384 g/mol. The summed E-state index contributed by atoms with van der Waals surface area (Å²) in [4.78, 5) is 24.2. The fourth-order valence-electron chi connectivity index (χ4n) is 2.37. The molecule has 3 rings (SSSR count). The first-order valence-electron chi connectivity index (χ1n) is 8.26. The standard InChI is InChI=1S/C20H18ClN3O3/c1-13-7-8-14(11-17(13)21)22-12-19(25)23-15-4-2-5-16(10-15)24-20(26)18-6-3-9-27-18/h2-11,22H,12H2,1H3,(H,23,25)(H,24,26). The largest absolute Gasteiger partial charge is 0.459 e. The van der Waals surface area contributed by atoms with Crippen LogP contribution in [0.25, 0.3) is 0 Å². The van der Waals surface area contributed by atoms with E-state index in [1.165, 1.54) is 6.26 Å². The van der Waals surface area contributed by atoms with E-state index in [2.05, 4.69) is 16.0 Å². The molecule has 0 saturated carbocycles. The zero-order valence-electron chi connectivity index (χ0n) is 14.6. The van der Waals surface area contributed by atoms with Gasteiger partial charge in [0.1, 0.15) is 0 Å². The number of hydrogen-bond acceptors (Lipinski definition) is 4. The lowest BCUT2D eigenvalue weighted by Gasteiger charge is -2.10. The minimum Gasteiger partial charge on any atom is -0.459 e. The highest BCUT2D eigenvalue weighted by molar-refractivity contribution is 6.31. The van der Waals surface area contributed by atoms with Gasteiger partial charge in [-0.3, -0.25) is 9.59 Å². The Morgan fingerprint density at radius 2 is 1.74 bits per heavy atom. The van der Waals surface area contributed by atoms with E-state index >= 15 is 0 Å². The number of carbonyl (C=O) groups is 2. The molecule has 7 heteroatoms. The van der Waals surface area contributed by atoms with Gasteiger partial charge < -0.3 is 20.4 Å². The van der Waals surface area contributed by atoms with Gasteiger partial charge in [-0.25, -0.2) is 0 Å². The third kappa shape index (κ3) is 5.12. The van der Waals surface area contributed by atoms with Crippen molar-refractivity contribution in [3.63, 3.8) is 0 Å². The smallest absolute Gasteiger partial charge is 0.291 e. The molecule has 2 amide bonds. The van der Waals surface area contributed by atoms with Gasteiger partial charge in [-0.15, -0.1) is 0 Å². The number of carbonyl (C=O) groups excluding carboxylic acids is 2. The van der Waals surface area contributed by atoms with Crippen LogP contribution in [0, 0.1) is 6.92 Å². The highest BCUT2D eigenvalue weighted by atomic mass is 35.5. The zero-order valence-corrected chi connectivity index (χ0v) is 15.3. The number of halogens is 1. The summed E-state index contributed by atoms with van der Waals surface area (Å²) in [5.41, 5.74) is 2.86. The van der Waals surface area contributed by atoms with Crippen molar-refractivity contribution in [2.45, 2.75) is 6.92 Å². The lowest BCUT2D eigenvalue weighted by molar-refractivity contribution is -0.114. The number of aryl methyl sites for hydroxylation is 1. The van der Waals surface area contributed by atoms with Crippen LogP contribution >= 0.6 is 11.6 Å². The second-order valence-electron chi connectivity index (χ2n) is 5.88. The Labute approximate surface area is 161 Å². The minimum absolute atomic E-state index is 0.0857. The molecule has 0 atom stereocenters. The fourth-order valence-corrected chi connectivity index (χ4v) is 2.55. The first-order chi connectivity index (χ1) is 13.0. The summed E-state index contributed by atoms with van der Waals surface area (Å²) in [7, 11) is 0. The second kappa shape index (κ2) is 8.42. The van der Waals surface area contributed by atoms with E-state index in [4.69, 9.17) is 16.0 Å². The van der Waals surface area contributed by atoms with E-state index in [9.17, 15) is 9.59 Å². The predicted octanol–water partition coefficient (Wildman–Crippen LogP) is 4.54. The minimum atomic E-state index is -0.360. The van der Waals surface area contributed by atoms with Crippen LogP contribution in [0.15, 0.2) is 65.3 Å². The lowest BCUT2D eigenvalue weighted by Crippen LogP contribution is -2.21. The van der Waals surface area contributed by atoms with Crippen LogP contribution in [0.5, 0.6) is 0 Å². The molecule has 0 radical (unpaired) electrons. The normalized spacial score (nSPS) is 10.3. The molecule has 0 fully saturated rings. The Bertz CT molecular complexity index is 955. The molecular weight excluding hydrogens is 366 g/mol. The highest BCUT2D eigenvalue weighted by Gasteiger charge is 2.09. The van der Waals surface area contributed by atoms with Crippen LogP contribution < -0.4 is 16.0 Å². The van der Waals surface area contributed by atoms with Gasteiger partial charge in [-0.1, -0.05) is 23.7 Å². The first kappa shape index (κ1) is 18.5. The number of hydrogen-bond donors (Lipinski definition) is 3. The maximum atomic E-state index is 12.1. The van der Waals surface area contributed by atoms with Gasteiger partial charge in [-0.05, 0) is 55.0 Å². The van der Waals surface area contributed by atoms with E-state index in [-0.39, 0.29) is 24.1 Å². The number of nitrogens with one attached hydrogen (secondary N) is 3. The maximum Gasteiger partial charge on any atom is 0.291 e. The second-order valence-corrected chi connectivity index (χ2v) is 6.29. The summed E-state index contributed by atoms with van der Waals surface area (Å²) in [5, 5.41) is 9.15. The van der Waals surface area contributed by atoms with Gasteiger partial charge in [0, 0.05) is 22.1 Å². The number of furan rings is 1. The molecule has 0 aliphatic rings. The summed E-state index contributed by atoms with van der Waals surface area (Å²) < 4.78 is 5.05. The lowest BCUT2D eigenvalue weighted by atomic mass is 10.2. The van der Waals surface area contributed by atoms with Crippen molar-refractivity contribution in [2.24, 2.45) is 0 Å². The molecule has 0 bridgehead atoms. The SMILES string of the molecule is Cc1ccc(NCC(=O)Nc2cccc(NC(=O)c3ccco3)c2)cc1Cl. The molecule has 6 nitrogen and oxygen atoms in total. The van der Waals surface area contributed by atoms with E-state index in [0.717, 1.165) is 11.3 Å². The number of benzene rings is 2. The van der Waals surface area contributed by atoms with Crippen LogP contribution in [0.1, 0.15) is 16.1 Å². The molecule has 0 unspecified atom stereocenters. The molecule has 27 heavy (non-hydrogen) atoms. The summed E-state index contributed by atoms with van der Waals surface area (Å²) in [6.45, 7) is 2.00. The van der Waals surface area contributed by atoms with Crippen molar-refractivity contribution in [3.8, 4) is 0 Å². The molecule has 2 aromatic carbocycles. The third-order valence-corrected chi connectivity index (χ3v) is 4.18. The zero-order chi connectivity index (χ0) is 19.2. The van der Waals surface area contributed by atoms with Crippen LogP contribution in [0.3, 0.4) is 0 Å². The number of anilines is 3. The average Bonchev–Trinajstić information content (AvgIpc) is 3.18. The maximum absolute atomic E-state index is 12.1. The monoisotopic (exact) mass is 383 g/mol. The van der Waals surface area contributed by atoms with E-state index in [1.807, 2.05) is 19.1 Å². The molecule has 3 N–H and O–H groups in total. The van der Waals surface area contributed by atoms with Crippen LogP contribution in [-0.2, 0) is 4.79 Å². The van der Waals surface area contributed by atoms with E-state index < -0.39 is 0 Å². The Balaban J connectivity index is 1.56.